The Kier molecular flexibility index (Phi) is 4.62. The highest BCUT2D eigenvalue weighted by Crippen LogP contribution is 2.41. The summed E-state index contributed by atoms with van der Waals surface area (Å²) in [7, 11) is -0.909. The van der Waals surface area contributed by atoms with Gasteiger partial charge in [0.1, 0.15) is 0 Å². The first-order valence-electron chi connectivity index (χ1n) is 7.86. The minimum absolute atomic E-state index is 0.0581. The fraction of sp³-hybridized carbons (Fsp3) is 0.316. The molecule has 23 heavy (non-hydrogen) atoms. The smallest absolute Gasteiger partial charge is 0.251 e. The lowest BCUT2D eigenvalue weighted by molar-refractivity contribution is 0.0823. The fourth-order valence-electron chi connectivity index (χ4n) is 3.10. The number of carbonyl (C=O) groups is 1. The molecule has 3 rings (SSSR count). The first-order chi connectivity index (χ1) is 11.1. The van der Waals surface area contributed by atoms with Crippen molar-refractivity contribution in [3.63, 3.8) is 0 Å². The van der Waals surface area contributed by atoms with Crippen LogP contribution in [0.2, 0.25) is 0 Å². The van der Waals surface area contributed by atoms with Gasteiger partial charge in [-0.2, -0.15) is 0 Å². The third kappa shape index (κ3) is 3.53. The van der Waals surface area contributed by atoms with Gasteiger partial charge in [0.05, 0.1) is 5.54 Å². The van der Waals surface area contributed by atoms with Gasteiger partial charge in [0.2, 0.25) is 0 Å². The lowest BCUT2D eigenvalue weighted by Crippen LogP contribution is -2.50. The summed E-state index contributed by atoms with van der Waals surface area (Å²) in [6, 6.07) is 17.6. The van der Waals surface area contributed by atoms with Crippen LogP contribution >= 0.6 is 0 Å². The molecule has 0 unspecified atom stereocenters. The summed E-state index contributed by atoms with van der Waals surface area (Å²) in [5, 5.41) is 3.23. The molecule has 120 valence electrons. The second-order valence-corrected chi connectivity index (χ2v) is 7.61. The Morgan fingerprint density at radius 2 is 1.87 bits per heavy atom. The van der Waals surface area contributed by atoms with E-state index in [9.17, 15) is 9.00 Å². The van der Waals surface area contributed by atoms with Crippen LogP contribution in [-0.2, 0) is 22.1 Å². The highest BCUT2D eigenvalue weighted by molar-refractivity contribution is 7.83. The average molecular weight is 327 g/mol. The normalized spacial score (nSPS) is 17.1. The Hall–Kier alpha value is -1.94. The monoisotopic (exact) mass is 327 g/mol. The molecule has 1 atom stereocenters. The van der Waals surface area contributed by atoms with E-state index < -0.39 is 10.8 Å². The molecule has 1 fully saturated rings. The Morgan fingerprint density at radius 3 is 2.48 bits per heavy atom. The van der Waals surface area contributed by atoms with Gasteiger partial charge in [0.25, 0.3) is 5.91 Å². The quantitative estimate of drug-likeness (QED) is 0.915. The van der Waals surface area contributed by atoms with Gasteiger partial charge in [-0.3, -0.25) is 9.00 Å². The number of nitrogens with one attached hydrogen (secondary N) is 1. The van der Waals surface area contributed by atoms with Gasteiger partial charge in [-0.1, -0.05) is 42.5 Å². The maximum atomic E-state index is 12.7. The van der Waals surface area contributed by atoms with Crippen molar-refractivity contribution in [2.75, 3.05) is 6.26 Å². The van der Waals surface area contributed by atoms with Crippen LogP contribution in [0.25, 0.3) is 0 Å². The summed E-state index contributed by atoms with van der Waals surface area (Å²) in [5.41, 5.74) is 2.50. The van der Waals surface area contributed by atoms with Crippen molar-refractivity contribution in [1.29, 1.82) is 0 Å². The zero-order valence-electron chi connectivity index (χ0n) is 13.2. The summed E-state index contributed by atoms with van der Waals surface area (Å²) in [6.45, 7) is 0. The molecule has 2 aromatic rings. The van der Waals surface area contributed by atoms with Crippen molar-refractivity contribution in [3.05, 3.63) is 71.3 Å². The van der Waals surface area contributed by atoms with E-state index in [1.54, 1.807) is 6.26 Å². The third-order valence-electron chi connectivity index (χ3n) is 4.45. The van der Waals surface area contributed by atoms with E-state index in [1.165, 1.54) is 5.56 Å². The topological polar surface area (TPSA) is 46.2 Å². The maximum Gasteiger partial charge on any atom is 0.251 e. The molecule has 1 saturated carbocycles. The Bertz CT molecular complexity index is 723. The first-order valence-corrected chi connectivity index (χ1v) is 9.59. The second kappa shape index (κ2) is 6.67. The van der Waals surface area contributed by atoms with E-state index in [2.05, 4.69) is 17.4 Å². The average Bonchev–Trinajstić information content (AvgIpc) is 2.51. The number of amides is 1. The zero-order chi connectivity index (χ0) is 16.3. The molecule has 1 N–H and O–H groups in total. The maximum absolute atomic E-state index is 12.7. The second-order valence-electron chi connectivity index (χ2n) is 6.17. The van der Waals surface area contributed by atoms with Crippen LogP contribution in [0, 0.1) is 0 Å². The van der Waals surface area contributed by atoms with Crippen LogP contribution in [0.3, 0.4) is 0 Å². The SMILES string of the molecule is C[S@@](=O)Cc1cccc(C(=O)NC2(c3ccccc3)CCC2)c1. The fourth-order valence-corrected chi connectivity index (χ4v) is 3.75. The van der Waals surface area contributed by atoms with E-state index >= 15 is 0 Å². The summed E-state index contributed by atoms with van der Waals surface area (Å²) in [5.74, 6) is 0.419. The number of hydrogen-bond acceptors (Lipinski definition) is 2. The number of carbonyl (C=O) groups excluding carboxylic acids is 1. The zero-order valence-corrected chi connectivity index (χ0v) is 14.1. The third-order valence-corrected chi connectivity index (χ3v) is 5.19. The summed E-state index contributed by atoms with van der Waals surface area (Å²) in [4.78, 5) is 12.7. The number of benzene rings is 2. The standard InChI is InChI=1S/C19H21NO2S/c1-23(22)14-15-7-5-8-16(13-15)18(21)20-19(11-6-12-19)17-9-3-2-4-10-17/h2-5,7-10,13H,6,11-12,14H2,1H3,(H,20,21)/t23-/m1/s1. The summed E-state index contributed by atoms with van der Waals surface area (Å²) < 4.78 is 11.4. The molecule has 0 spiro atoms. The van der Waals surface area contributed by atoms with Crippen LogP contribution in [0.5, 0.6) is 0 Å². The van der Waals surface area contributed by atoms with Crippen LogP contribution in [0.4, 0.5) is 0 Å². The molecular weight excluding hydrogens is 306 g/mol. The molecule has 3 nitrogen and oxygen atoms in total. The van der Waals surface area contributed by atoms with E-state index in [1.807, 2.05) is 42.5 Å². The van der Waals surface area contributed by atoms with Crippen LogP contribution in [0.15, 0.2) is 54.6 Å². The predicted octanol–water partition coefficient (Wildman–Crippen LogP) is 3.37. The first kappa shape index (κ1) is 15.9. The predicted molar refractivity (Wildman–Crippen MR) is 93.6 cm³/mol. The molecule has 0 saturated heterocycles. The van der Waals surface area contributed by atoms with Gasteiger partial charge in [-0.05, 0) is 42.5 Å². The van der Waals surface area contributed by atoms with Crippen molar-refractivity contribution < 1.29 is 9.00 Å². The van der Waals surface area contributed by atoms with Gasteiger partial charge in [0.15, 0.2) is 0 Å². The highest BCUT2D eigenvalue weighted by Gasteiger charge is 2.39. The lowest BCUT2D eigenvalue weighted by Gasteiger charge is -2.43. The van der Waals surface area contributed by atoms with Crippen LogP contribution < -0.4 is 5.32 Å². The molecule has 1 amide bonds. The highest BCUT2D eigenvalue weighted by atomic mass is 32.2. The number of hydrogen-bond donors (Lipinski definition) is 1. The van der Waals surface area contributed by atoms with Gasteiger partial charge < -0.3 is 5.32 Å². The van der Waals surface area contributed by atoms with Crippen molar-refractivity contribution >= 4 is 16.7 Å². The molecule has 0 heterocycles. The van der Waals surface area contributed by atoms with E-state index in [0.717, 1.165) is 24.8 Å². The van der Waals surface area contributed by atoms with Gasteiger partial charge in [0, 0.05) is 28.4 Å². The molecule has 4 heteroatoms. The van der Waals surface area contributed by atoms with E-state index in [4.69, 9.17) is 0 Å². The van der Waals surface area contributed by atoms with Gasteiger partial charge in [-0.15, -0.1) is 0 Å². The molecular formula is C19H21NO2S. The molecule has 0 bridgehead atoms. The Balaban J connectivity index is 1.80. The van der Waals surface area contributed by atoms with Crippen molar-refractivity contribution in [1.82, 2.24) is 5.32 Å². The van der Waals surface area contributed by atoms with Crippen molar-refractivity contribution in [3.8, 4) is 0 Å². The minimum Gasteiger partial charge on any atom is -0.343 e. The molecule has 1 aliphatic carbocycles. The molecule has 1 aliphatic rings. The molecule has 0 radical (unpaired) electrons. The van der Waals surface area contributed by atoms with Crippen LogP contribution in [-0.4, -0.2) is 16.4 Å². The summed E-state index contributed by atoms with van der Waals surface area (Å²) in [6.07, 6.45) is 4.75. The molecule has 0 aromatic heterocycles. The van der Waals surface area contributed by atoms with Gasteiger partial charge >= 0.3 is 0 Å². The van der Waals surface area contributed by atoms with E-state index in [0.29, 0.717) is 11.3 Å². The molecule has 2 aromatic carbocycles. The largest absolute Gasteiger partial charge is 0.343 e. The lowest BCUT2D eigenvalue weighted by atomic mass is 9.71. The summed E-state index contributed by atoms with van der Waals surface area (Å²) >= 11 is 0. The Morgan fingerprint density at radius 1 is 1.13 bits per heavy atom. The minimum atomic E-state index is -0.909. The van der Waals surface area contributed by atoms with Gasteiger partial charge in [-0.25, -0.2) is 0 Å². The van der Waals surface area contributed by atoms with Crippen molar-refractivity contribution in [2.24, 2.45) is 0 Å². The van der Waals surface area contributed by atoms with Crippen molar-refractivity contribution in [2.45, 2.75) is 30.6 Å². The van der Waals surface area contributed by atoms with E-state index in [-0.39, 0.29) is 11.4 Å². The molecule has 0 aliphatic heterocycles. The van der Waals surface area contributed by atoms with Crippen LogP contribution in [0.1, 0.15) is 40.7 Å². The Labute approximate surface area is 139 Å². The number of rotatable bonds is 5.